The van der Waals surface area contributed by atoms with Gasteiger partial charge in [0.25, 0.3) is 0 Å². The molecule has 0 spiro atoms. The van der Waals surface area contributed by atoms with Gasteiger partial charge in [-0.25, -0.2) is 7.91 Å². The first kappa shape index (κ1) is 13.6. The monoisotopic (exact) mass is 309 g/mol. The number of amides is 1. The van der Waals surface area contributed by atoms with Crippen LogP contribution in [0.15, 0.2) is 0 Å². The Hall–Kier alpha value is -0.440. The normalized spacial score (nSPS) is 11.4. The highest BCUT2D eigenvalue weighted by Crippen LogP contribution is 2.12. The van der Waals surface area contributed by atoms with Crippen molar-refractivity contribution in [2.45, 2.75) is 33.1 Å². The number of rotatable bonds is 5. The molecular formula is C10H16INO2. The van der Waals surface area contributed by atoms with Gasteiger partial charge in [-0.1, -0.05) is 25.7 Å². The molecule has 1 amide bonds. The molecule has 0 aliphatic carbocycles. The van der Waals surface area contributed by atoms with E-state index in [2.05, 4.69) is 18.8 Å². The second-order valence-corrected chi connectivity index (χ2v) is 4.23. The van der Waals surface area contributed by atoms with Crippen LogP contribution < -0.4 is 0 Å². The molecule has 1 N–H and O–H groups in total. The second-order valence-electron chi connectivity index (χ2n) is 3.06. The van der Waals surface area contributed by atoms with Gasteiger partial charge in [0, 0.05) is 12.5 Å². The Morgan fingerprint density at radius 3 is 2.71 bits per heavy atom. The first-order chi connectivity index (χ1) is 6.61. The van der Waals surface area contributed by atoms with Crippen LogP contribution in [-0.4, -0.2) is 20.9 Å². The Balaban J connectivity index is 4.06. The smallest absolute Gasteiger partial charge is 0.416 e. The highest BCUT2D eigenvalue weighted by Gasteiger charge is 2.13. The number of carbonyl (C=O) groups is 1. The Morgan fingerprint density at radius 1 is 1.64 bits per heavy atom. The molecule has 1 atom stereocenters. The molecule has 0 radical (unpaired) electrons. The fourth-order valence-corrected chi connectivity index (χ4v) is 1.61. The van der Waals surface area contributed by atoms with Gasteiger partial charge in [-0.15, -0.1) is 5.92 Å². The molecule has 0 aromatic carbocycles. The van der Waals surface area contributed by atoms with Gasteiger partial charge in [0.1, 0.15) is 0 Å². The third-order valence-electron chi connectivity index (χ3n) is 1.84. The molecule has 14 heavy (non-hydrogen) atoms. The van der Waals surface area contributed by atoms with Crippen molar-refractivity contribution < 1.29 is 9.90 Å². The lowest BCUT2D eigenvalue weighted by molar-refractivity contribution is 0.177. The fraction of sp³-hybridized carbons (Fsp3) is 0.700. The number of nitrogens with zero attached hydrogens (tertiary/aromatic N) is 1. The van der Waals surface area contributed by atoms with Gasteiger partial charge in [0.15, 0.2) is 0 Å². The Bertz CT molecular complexity index is 232. The van der Waals surface area contributed by atoms with Crippen LogP contribution in [0.4, 0.5) is 4.79 Å². The van der Waals surface area contributed by atoms with E-state index in [1.54, 1.807) is 29.8 Å². The van der Waals surface area contributed by atoms with Gasteiger partial charge in [-0.3, -0.25) is 0 Å². The van der Waals surface area contributed by atoms with Crippen molar-refractivity contribution in [1.82, 2.24) is 3.11 Å². The van der Waals surface area contributed by atoms with E-state index in [1.165, 1.54) is 3.11 Å². The van der Waals surface area contributed by atoms with Crippen molar-refractivity contribution in [3.63, 3.8) is 0 Å². The predicted molar refractivity (Wildman–Crippen MR) is 65.2 cm³/mol. The molecule has 0 rings (SSSR count). The molecule has 0 aromatic rings. The van der Waals surface area contributed by atoms with Crippen LogP contribution in [-0.2, 0) is 0 Å². The molecule has 0 bridgehead atoms. The molecule has 3 nitrogen and oxygen atoms in total. The van der Waals surface area contributed by atoms with Crippen molar-refractivity contribution in [2.24, 2.45) is 5.92 Å². The minimum absolute atomic E-state index is 0.174. The molecule has 0 aliphatic rings. The zero-order chi connectivity index (χ0) is 11.0. The summed E-state index contributed by atoms with van der Waals surface area (Å²) in [5.41, 5.74) is 0. The number of unbranched alkanes of at least 4 members (excludes halogenated alkanes) is 1. The van der Waals surface area contributed by atoms with Crippen LogP contribution in [0.25, 0.3) is 0 Å². The quantitative estimate of drug-likeness (QED) is 0.481. The van der Waals surface area contributed by atoms with Crippen LogP contribution in [0.2, 0.25) is 0 Å². The van der Waals surface area contributed by atoms with E-state index in [0.29, 0.717) is 6.54 Å². The first-order valence-electron chi connectivity index (χ1n) is 4.70. The summed E-state index contributed by atoms with van der Waals surface area (Å²) in [6, 6.07) is 0. The highest BCUT2D eigenvalue weighted by atomic mass is 127. The molecular weight excluding hydrogens is 293 g/mol. The molecule has 0 aromatic heterocycles. The molecule has 0 saturated heterocycles. The SMILES string of the molecule is CC#CC(CCCC)CN(I)C(=O)O. The summed E-state index contributed by atoms with van der Waals surface area (Å²) >= 11 is 1.80. The highest BCUT2D eigenvalue weighted by molar-refractivity contribution is 14.1. The van der Waals surface area contributed by atoms with Crippen molar-refractivity contribution in [1.29, 1.82) is 0 Å². The van der Waals surface area contributed by atoms with Crippen molar-refractivity contribution in [3.05, 3.63) is 0 Å². The van der Waals surface area contributed by atoms with Crippen molar-refractivity contribution in [2.75, 3.05) is 6.54 Å². The van der Waals surface area contributed by atoms with Gasteiger partial charge < -0.3 is 5.11 Å². The largest absolute Gasteiger partial charge is 0.464 e. The summed E-state index contributed by atoms with van der Waals surface area (Å²) in [6.45, 7) is 4.41. The average Bonchev–Trinajstić information content (AvgIpc) is 2.14. The van der Waals surface area contributed by atoms with E-state index in [-0.39, 0.29) is 5.92 Å². The van der Waals surface area contributed by atoms with Crippen LogP contribution in [0, 0.1) is 17.8 Å². The molecule has 0 aliphatic heterocycles. The van der Waals surface area contributed by atoms with Gasteiger partial charge >= 0.3 is 6.09 Å². The maximum absolute atomic E-state index is 10.6. The molecule has 80 valence electrons. The van der Waals surface area contributed by atoms with E-state index in [4.69, 9.17) is 5.11 Å². The predicted octanol–water partition coefficient (Wildman–Crippen LogP) is 3.15. The van der Waals surface area contributed by atoms with Gasteiger partial charge in [-0.2, -0.15) is 0 Å². The zero-order valence-electron chi connectivity index (χ0n) is 8.59. The maximum atomic E-state index is 10.6. The number of carboxylic acid groups (broad SMARTS) is 1. The zero-order valence-corrected chi connectivity index (χ0v) is 10.7. The van der Waals surface area contributed by atoms with Crippen molar-refractivity contribution in [3.8, 4) is 11.8 Å². The van der Waals surface area contributed by atoms with Crippen LogP contribution in [0.1, 0.15) is 33.1 Å². The Kier molecular flexibility index (Phi) is 7.67. The summed E-state index contributed by atoms with van der Waals surface area (Å²) in [7, 11) is 0. The van der Waals surface area contributed by atoms with E-state index in [1.807, 2.05) is 0 Å². The third kappa shape index (κ3) is 6.08. The van der Waals surface area contributed by atoms with Crippen molar-refractivity contribution >= 4 is 29.0 Å². The molecule has 0 fully saturated rings. The lowest BCUT2D eigenvalue weighted by Crippen LogP contribution is -2.24. The van der Waals surface area contributed by atoms with Crippen LogP contribution in [0.3, 0.4) is 0 Å². The fourth-order valence-electron chi connectivity index (χ4n) is 1.14. The minimum atomic E-state index is -0.898. The Labute approximate surface area is 99.4 Å². The summed E-state index contributed by atoms with van der Waals surface area (Å²) in [4.78, 5) is 10.6. The van der Waals surface area contributed by atoms with Gasteiger partial charge in [0.2, 0.25) is 0 Å². The van der Waals surface area contributed by atoms with Crippen LogP contribution >= 0.6 is 22.9 Å². The molecule has 1 unspecified atom stereocenters. The first-order valence-corrected chi connectivity index (χ1v) is 5.66. The topological polar surface area (TPSA) is 40.5 Å². The van der Waals surface area contributed by atoms with Crippen LogP contribution in [0.5, 0.6) is 0 Å². The number of halogens is 1. The lowest BCUT2D eigenvalue weighted by atomic mass is 10.0. The lowest BCUT2D eigenvalue weighted by Gasteiger charge is -2.15. The van der Waals surface area contributed by atoms with Gasteiger partial charge in [-0.05, 0) is 13.3 Å². The Morgan fingerprint density at radius 2 is 2.29 bits per heavy atom. The molecule has 0 saturated carbocycles. The number of hydrogen-bond acceptors (Lipinski definition) is 1. The number of hydrogen-bond donors (Lipinski definition) is 1. The average molecular weight is 309 g/mol. The summed E-state index contributed by atoms with van der Waals surface area (Å²) < 4.78 is 1.27. The van der Waals surface area contributed by atoms with Gasteiger partial charge in [0.05, 0.1) is 22.9 Å². The van der Waals surface area contributed by atoms with E-state index in [9.17, 15) is 4.79 Å². The maximum Gasteiger partial charge on any atom is 0.416 e. The minimum Gasteiger partial charge on any atom is -0.464 e. The summed E-state index contributed by atoms with van der Waals surface area (Å²) in [6.07, 6.45) is 2.30. The summed E-state index contributed by atoms with van der Waals surface area (Å²) in [5.74, 6) is 6.07. The molecule has 4 heteroatoms. The van der Waals surface area contributed by atoms with E-state index < -0.39 is 6.09 Å². The molecule has 0 heterocycles. The van der Waals surface area contributed by atoms with E-state index >= 15 is 0 Å². The third-order valence-corrected chi connectivity index (χ3v) is 2.65. The van der Waals surface area contributed by atoms with E-state index in [0.717, 1.165) is 19.3 Å². The summed E-state index contributed by atoms with van der Waals surface area (Å²) in [5, 5.41) is 8.69. The standard InChI is InChI=1S/C10H16INO2/c1-3-5-7-9(6-4-2)8-12(11)10(13)14/h9H,3,5,7-8H2,1-2H3,(H,13,14). The second kappa shape index (κ2) is 7.92.